The third-order valence-corrected chi connectivity index (χ3v) is 6.44. The zero-order valence-electron chi connectivity index (χ0n) is 21.6. The van der Waals surface area contributed by atoms with Crippen molar-refractivity contribution in [3.8, 4) is 23.0 Å². The number of hydrogen-bond acceptors (Lipinski definition) is 6. The third-order valence-electron chi connectivity index (χ3n) is 6.44. The Morgan fingerprint density at radius 1 is 0.886 bits per heavy atom. The van der Waals surface area contributed by atoms with Gasteiger partial charge in [0.2, 0.25) is 0 Å². The van der Waals surface area contributed by atoms with Crippen LogP contribution < -0.4 is 24.3 Å². The molecule has 0 aliphatic carbocycles. The zero-order chi connectivity index (χ0) is 25.6. The van der Waals surface area contributed by atoms with E-state index in [4.69, 9.17) is 23.4 Å². The fraction of sp³-hybridized carbons (Fsp3) is 0.393. The highest BCUT2D eigenvalue weighted by Gasteiger charge is 2.21. The summed E-state index contributed by atoms with van der Waals surface area (Å²) >= 11 is 0. The van der Waals surface area contributed by atoms with Crippen molar-refractivity contribution in [1.29, 1.82) is 0 Å². The summed E-state index contributed by atoms with van der Waals surface area (Å²) in [6, 6.07) is 13.3. The lowest BCUT2D eigenvalue weighted by Gasteiger charge is -2.24. The van der Waals surface area contributed by atoms with Crippen molar-refractivity contribution in [2.24, 2.45) is 0 Å². The molecule has 3 aromatic rings. The van der Waals surface area contributed by atoms with Gasteiger partial charge in [-0.15, -0.1) is 0 Å². The van der Waals surface area contributed by atoms with Crippen molar-refractivity contribution in [3.05, 3.63) is 70.7 Å². The predicted octanol–water partition coefficient (Wildman–Crippen LogP) is 5.52. The lowest BCUT2D eigenvalue weighted by Crippen LogP contribution is -2.23. The minimum atomic E-state index is -0.330. The molecule has 0 aliphatic rings. The molecule has 35 heavy (non-hydrogen) atoms. The maximum absolute atomic E-state index is 12.8. The third kappa shape index (κ3) is 5.91. The van der Waals surface area contributed by atoms with E-state index in [1.807, 2.05) is 12.1 Å². The summed E-state index contributed by atoms with van der Waals surface area (Å²) in [6.07, 6.45) is 1.54. The summed E-state index contributed by atoms with van der Waals surface area (Å²) in [5.74, 6) is 3.10. The normalized spacial score (nSPS) is 11.2. The van der Waals surface area contributed by atoms with Gasteiger partial charge in [-0.05, 0) is 35.6 Å². The Balaban J connectivity index is 1.76. The van der Waals surface area contributed by atoms with E-state index in [1.54, 1.807) is 46.6 Å². The molecule has 0 saturated carbocycles. The number of methoxy groups -OCH3 is 4. The molecule has 0 unspecified atom stereocenters. The lowest BCUT2D eigenvalue weighted by atomic mass is 9.81. The number of hydrogen-bond donors (Lipinski definition) is 1. The van der Waals surface area contributed by atoms with Crippen LogP contribution in [0.4, 0.5) is 0 Å². The summed E-state index contributed by atoms with van der Waals surface area (Å²) < 4.78 is 27.6. The molecular formula is C28H35NO6. The largest absolute Gasteiger partial charge is 0.496 e. The molecule has 0 aliphatic heterocycles. The standard InChI is InChI=1S/C28H35NO6/c1-8-28(2,3)19-9-11-23(32-5)18(13-19)14-20-10-12-24(35-20)27(30)29-17-22-25(33-6)15-21(31-4)16-26(22)34-7/h9-13,15-16H,8,14,17H2,1-7H3,(H,29,30). The second kappa shape index (κ2) is 11.2. The Morgan fingerprint density at radius 3 is 2.11 bits per heavy atom. The highest BCUT2D eigenvalue weighted by molar-refractivity contribution is 5.91. The minimum absolute atomic E-state index is 0.0544. The first-order valence-corrected chi connectivity index (χ1v) is 11.6. The van der Waals surface area contributed by atoms with Crippen molar-refractivity contribution in [2.45, 2.75) is 45.6 Å². The highest BCUT2D eigenvalue weighted by atomic mass is 16.5. The molecule has 0 saturated heterocycles. The summed E-state index contributed by atoms with van der Waals surface area (Å²) in [7, 11) is 6.35. The summed E-state index contributed by atoms with van der Waals surface area (Å²) in [4.78, 5) is 12.8. The Morgan fingerprint density at radius 2 is 1.54 bits per heavy atom. The molecule has 7 heteroatoms. The van der Waals surface area contributed by atoms with Crippen molar-refractivity contribution < 1.29 is 28.2 Å². The van der Waals surface area contributed by atoms with Crippen LogP contribution in [-0.4, -0.2) is 34.3 Å². The van der Waals surface area contributed by atoms with E-state index in [9.17, 15) is 4.79 Å². The molecule has 2 aromatic carbocycles. The number of rotatable bonds is 11. The number of nitrogens with one attached hydrogen (secondary N) is 1. The second-order valence-electron chi connectivity index (χ2n) is 8.90. The number of carbonyl (C=O) groups is 1. The quantitative estimate of drug-likeness (QED) is 0.388. The van der Waals surface area contributed by atoms with Crippen LogP contribution >= 0.6 is 0 Å². The molecule has 1 amide bonds. The van der Waals surface area contributed by atoms with Gasteiger partial charge in [0.15, 0.2) is 5.76 Å². The monoisotopic (exact) mass is 481 g/mol. The van der Waals surface area contributed by atoms with E-state index in [-0.39, 0.29) is 23.6 Å². The number of amides is 1. The van der Waals surface area contributed by atoms with Crippen molar-refractivity contribution >= 4 is 5.91 Å². The first kappa shape index (κ1) is 26.0. The van der Waals surface area contributed by atoms with Gasteiger partial charge in [0.1, 0.15) is 28.8 Å². The van der Waals surface area contributed by atoms with Gasteiger partial charge in [-0.2, -0.15) is 0 Å². The Labute approximate surface area is 207 Å². The van der Waals surface area contributed by atoms with Crippen molar-refractivity contribution in [1.82, 2.24) is 5.32 Å². The molecule has 0 bridgehead atoms. The molecule has 3 rings (SSSR count). The molecule has 1 N–H and O–H groups in total. The molecular weight excluding hydrogens is 446 g/mol. The average Bonchev–Trinajstić information content (AvgIpc) is 3.35. The van der Waals surface area contributed by atoms with Crippen LogP contribution in [0, 0.1) is 0 Å². The first-order chi connectivity index (χ1) is 16.8. The highest BCUT2D eigenvalue weighted by Crippen LogP contribution is 2.34. The van der Waals surface area contributed by atoms with E-state index < -0.39 is 0 Å². The number of carbonyl (C=O) groups excluding carboxylic acids is 1. The molecule has 1 heterocycles. The van der Waals surface area contributed by atoms with Crippen LogP contribution in [0.2, 0.25) is 0 Å². The van der Waals surface area contributed by atoms with Gasteiger partial charge in [0.25, 0.3) is 5.91 Å². The topological polar surface area (TPSA) is 79.2 Å². The fourth-order valence-corrected chi connectivity index (χ4v) is 3.83. The Bertz CT molecular complexity index is 1140. The van der Waals surface area contributed by atoms with Crippen LogP contribution in [0.1, 0.15) is 60.2 Å². The summed E-state index contributed by atoms with van der Waals surface area (Å²) in [5.41, 5.74) is 3.01. The fourth-order valence-electron chi connectivity index (χ4n) is 3.83. The second-order valence-corrected chi connectivity index (χ2v) is 8.90. The summed E-state index contributed by atoms with van der Waals surface area (Å²) in [5, 5.41) is 2.88. The first-order valence-electron chi connectivity index (χ1n) is 11.6. The Hall–Kier alpha value is -3.61. The predicted molar refractivity (Wildman–Crippen MR) is 135 cm³/mol. The maximum Gasteiger partial charge on any atom is 0.287 e. The number of ether oxygens (including phenoxy) is 4. The van der Waals surface area contributed by atoms with Gasteiger partial charge < -0.3 is 28.7 Å². The van der Waals surface area contributed by atoms with Gasteiger partial charge in [-0.25, -0.2) is 0 Å². The van der Waals surface area contributed by atoms with E-state index in [2.05, 4.69) is 38.2 Å². The average molecular weight is 482 g/mol. The van der Waals surface area contributed by atoms with E-state index in [1.165, 1.54) is 5.56 Å². The molecule has 1 aromatic heterocycles. The lowest BCUT2D eigenvalue weighted by molar-refractivity contribution is 0.0921. The summed E-state index contributed by atoms with van der Waals surface area (Å²) in [6.45, 7) is 6.83. The van der Waals surface area contributed by atoms with Gasteiger partial charge >= 0.3 is 0 Å². The molecule has 7 nitrogen and oxygen atoms in total. The molecule has 0 radical (unpaired) electrons. The molecule has 0 spiro atoms. The van der Waals surface area contributed by atoms with Crippen molar-refractivity contribution in [3.63, 3.8) is 0 Å². The SMILES string of the molecule is CCC(C)(C)c1ccc(OC)c(Cc2ccc(C(=O)NCc3c(OC)cc(OC)cc3OC)o2)c1. The molecule has 0 atom stereocenters. The smallest absolute Gasteiger partial charge is 0.287 e. The number of benzene rings is 2. The zero-order valence-corrected chi connectivity index (χ0v) is 21.6. The van der Waals surface area contributed by atoms with E-state index >= 15 is 0 Å². The van der Waals surface area contributed by atoms with Crippen molar-refractivity contribution in [2.75, 3.05) is 28.4 Å². The van der Waals surface area contributed by atoms with Crippen LogP contribution in [0.5, 0.6) is 23.0 Å². The van der Waals surface area contributed by atoms with Crippen LogP contribution in [0.25, 0.3) is 0 Å². The van der Waals surface area contributed by atoms with Crippen LogP contribution in [-0.2, 0) is 18.4 Å². The van der Waals surface area contributed by atoms with E-state index in [0.29, 0.717) is 35.0 Å². The minimum Gasteiger partial charge on any atom is -0.496 e. The van der Waals surface area contributed by atoms with Gasteiger partial charge in [0.05, 0.1) is 40.5 Å². The number of furan rings is 1. The van der Waals surface area contributed by atoms with Gasteiger partial charge in [0, 0.05) is 24.1 Å². The molecule has 188 valence electrons. The van der Waals surface area contributed by atoms with E-state index in [0.717, 1.165) is 17.7 Å². The molecule has 0 fully saturated rings. The van der Waals surface area contributed by atoms with Crippen LogP contribution in [0.15, 0.2) is 46.9 Å². The van der Waals surface area contributed by atoms with Crippen LogP contribution in [0.3, 0.4) is 0 Å². The Kier molecular flexibility index (Phi) is 8.33. The maximum atomic E-state index is 12.8. The van der Waals surface area contributed by atoms with Gasteiger partial charge in [-0.1, -0.05) is 32.9 Å². The van der Waals surface area contributed by atoms with Gasteiger partial charge in [-0.3, -0.25) is 4.79 Å².